The molecule has 2 fully saturated rings. The maximum absolute atomic E-state index is 12.2. The van der Waals surface area contributed by atoms with E-state index in [9.17, 15) is 9.90 Å². The second kappa shape index (κ2) is 5.78. The summed E-state index contributed by atoms with van der Waals surface area (Å²) >= 11 is 0. The summed E-state index contributed by atoms with van der Waals surface area (Å²) in [6, 6.07) is 10.3. The summed E-state index contributed by atoms with van der Waals surface area (Å²) in [5.74, 6) is -0.113. The van der Waals surface area contributed by atoms with Gasteiger partial charge in [-0.05, 0) is 32.4 Å². The molecule has 2 aliphatic heterocycles. The van der Waals surface area contributed by atoms with Crippen LogP contribution in [0.5, 0.6) is 0 Å². The smallest absolute Gasteiger partial charge is 0.310 e. The van der Waals surface area contributed by atoms with Gasteiger partial charge < -0.3 is 9.84 Å². The zero-order chi connectivity index (χ0) is 15.0. The third kappa shape index (κ3) is 2.47. The number of rotatable bonds is 3. The van der Waals surface area contributed by atoms with Crippen molar-refractivity contribution in [1.29, 1.82) is 0 Å². The fraction of sp³-hybridized carbons (Fsp3) is 0.588. The van der Waals surface area contributed by atoms with Crippen molar-refractivity contribution in [3.8, 4) is 0 Å². The van der Waals surface area contributed by atoms with Crippen molar-refractivity contribution in [1.82, 2.24) is 4.90 Å². The van der Waals surface area contributed by atoms with E-state index in [2.05, 4.69) is 17.0 Å². The van der Waals surface area contributed by atoms with Gasteiger partial charge in [0.15, 0.2) is 0 Å². The minimum absolute atomic E-state index is 0.0448. The molecule has 21 heavy (non-hydrogen) atoms. The number of carbonyl (C=O) groups is 1. The molecule has 114 valence electrons. The van der Waals surface area contributed by atoms with Crippen molar-refractivity contribution >= 4 is 5.97 Å². The third-order valence-electron chi connectivity index (χ3n) is 5.13. The Bertz CT molecular complexity index is 504. The molecule has 4 heteroatoms. The Kier molecular flexibility index (Phi) is 4.00. The molecule has 1 aromatic rings. The molecule has 2 saturated heterocycles. The lowest BCUT2D eigenvalue weighted by Crippen LogP contribution is -2.49. The molecule has 4 nitrogen and oxygen atoms in total. The number of likely N-dealkylation sites (N-methyl/N-ethyl adjacent to an activating group) is 1. The van der Waals surface area contributed by atoms with Crippen molar-refractivity contribution in [2.75, 3.05) is 13.7 Å². The fourth-order valence-electron chi connectivity index (χ4n) is 4.03. The van der Waals surface area contributed by atoms with Gasteiger partial charge in [-0.1, -0.05) is 30.3 Å². The van der Waals surface area contributed by atoms with E-state index in [0.29, 0.717) is 13.0 Å². The predicted octanol–water partition coefficient (Wildman–Crippen LogP) is 1.79. The second-order valence-corrected chi connectivity index (χ2v) is 6.14. The van der Waals surface area contributed by atoms with Crippen LogP contribution in [0.15, 0.2) is 30.3 Å². The number of hydrogen-bond acceptors (Lipinski definition) is 4. The lowest BCUT2D eigenvalue weighted by Gasteiger charge is -2.41. The third-order valence-corrected chi connectivity index (χ3v) is 5.13. The standard InChI is InChI=1S/C17H23NO3/c1-3-21-17(20)13-10-15-16(19)12(9-14(13)18(15)2)11-7-5-4-6-8-11/h4-8,12-16,19H,3,9-10H2,1-2H3/t12-,13-,14-,15-,16-/m1/s1. The van der Waals surface area contributed by atoms with Crippen LogP contribution in [-0.2, 0) is 9.53 Å². The van der Waals surface area contributed by atoms with E-state index in [4.69, 9.17) is 4.74 Å². The van der Waals surface area contributed by atoms with Crippen LogP contribution in [0, 0.1) is 5.92 Å². The lowest BCUT2D eigenvalue weighted by atomic mass is 9.82. The Morgan fingerprint density at radius 3 is 2.67 bits per heavy atom. The van der Waals surface area contributed by atoms with Crippen molar-refractivity contribution < 1.29 is 14.6 Å². The first-order chi connectivity index (χ1) is 10.1. The minimum atomic E-state index is -0.423. The summed E-state index contributed by atoms with van der Waals surface area (Å²) in [4.78, 5) is 14.3. The molecule has 2 heterocycles. The highest BCUT2D eigenvalue weighted by molar-refractivity contribution is 5.74. The summed E-state index contributed by atoms with van der Waals surface area (Å²) < 4.78 is 5.21. The summed E-state index contributed by atoms with van der Waals surface area (Å²) in [6.07, 6.45) is 1.08. The van der Waals surface area contributed by atoms with E-state index in [1.807, 2.05) is 32.2 Å². The molecule has 0 radical (unpaired) electrons. The van der Waals surface area contributed by atoms with Crippen molar-refractivity contribution in [3.05, 3.63) is 35.9 Å². The fourth-order valence-corrected chi connectivity index (χ4v) is 4.03. The summed E-state index contributed by atoms with van der Waals surface area (Å²) in [6.45, 7) is 2.26. The summed E-state index contributed by atoms with van der Waals surface area (Å²) in [5, 5.41) is 10.7. The molecule has 3 rings (SSSR count). The van der Waals surface area contributed by atoms with Crippen molar-refractivity contribution in [2.24, 2.45) is 5.92 Å². The zero-order valence-corrected chi connectivity index (χ0v) is 12.6. The molecule has 0 aromatic heterocycles. The Hall–Kier alpha value is -1.39. The molecule has 1 N–H and O–H groups in total. The highest BCUT2D eigenvalue weighted by Gasteiger charge is 2.52. The number of carbonyl (C=O) groups excluding carboxylic acids is 1. The maximum atomic E-state index is 12.2. The van der Waals surface area contributed by atoms with E-state index in [-0.39, 0.29) is 29.9 Å². The number of fused-ring (bicyclic) bond motifs is 2. The average Bonchev–Trinajstić information content (AvgIpc) is 2.72. The van der Waals surface area contributed by atoms with Crippen molar-refractivity contribution in [3.63, 3.8) is 0 Å². The predicted molar refractivity (Wildman–Crippen MR) is 79.9 cm³/mol. The van der Waals surface area contributed by atoms with Gasteiger partial charge in [0.25, 0.3) is 0 Å². The highest BCUT2D eigenvalue weighted by atomic mass is 16.5. The molecule has 0 saturated carbocycles. The first-order valence-corrected chi connectivity index (χ1v) is 7.75. The van der Waals surface area contributed by atoms with E-state index in [0.717, 1.165) is 12.0 Å². The number of nitrogens with zero attached hydrogens (tertiary/aromatic N) is 1. The zero-order valence-electron chi connectivity index (χ0n) is 12.6. The van der Waals surface area contributed by atoms with Gasteiger partial charge in [0.1, 0.15) is 0 Å². The van der Waals surface area contributed by atoms with E-state index in [1.165, 1.54) is 0 Å². The molecule has 1 aromatic carbocycles. The number of aliphatic hydroxyl groups excluding tert-OH is 1. The van der Waals surface area contributed by atoms with Crippen LogP contribution in [0.1, 0.15) is 31.2 Å². The number of aliphatic hydroxyl groups is 1. The van der Waals surface area contributed by atoms with E-state index in [1.54, 1.807) is 0 Å². The highest BCUT2D eigenvalue weighted by Crippen LogP contribution is 2.45. The monoisotopic (exact) mass is 289 g/mol. The largest absolute Gasteiger partial charge is 0.466 e. The Balaban J connectivity index is 1.84. The average molecular weight is 289 g/mol. The van der Waals surface area contributed by atoms with Crippen LogP contribution in [-0.4, -0.2) is 47.8 Å². The molecular weight excluding hydrogens is 266 g/mol. The minimum Gasteiger partial charge on any atom is -0.466 e. The van der Waals surface area contributed by atoms with Crippen LogP contribution in [0.2, 0.25) is 0 Å². The van der Waals surface area contributed by atoms with Gasteiger partial charge in [0, 0.05) is 18.0 Å². The van der Waals surface area contributed by atoms with Gasteiger partial charge in [-0.15, -0.1) is 0 Å². The SMILES string of the molecule is CCOC(=O)[C@@H]1C[C@@H]2[C@H](O)[C@@H](c3ccccc3)C[C@H]1N2C. The normalized spacial score (nSPS) is 35.7. The number of piperidine rings is 1. The molecular formula is C17H23NO3. The molecule has 0 unspecified atom stereocenters. The Labute approximate surface area is 125 Å². The lowest BCUT2D eigenvalue weighted by molar-refractivity contribution is -0.148. The van der Waals surface area contributed by atoms with Gasteiger partial charge >= 0.3 is 5.97 Å². The number of hydrogen-bond donors (Lipinski definition) is 1. The van der Waals surface area contributed by atoms with Gasteiger partial charge in [-0.25, -0.2) is 0 Å². The summed E-state index contributed by atoms with van der Waals surface area (Å²) in [7, 11) is 2.01. The van der Waals surface area contributed by atoms with Crippen LogP contribution in [0.3, 0.4) is 0 Å². The Morgan fingerprint density at radius 1 is 1.29 bits per heavy atom. The first-order valence-electron chi connectivity index (χ1n) is 7.75. The quantitative estimate of drug-likeness (QED) is 0.862. The molecule has 0 spiro atoms. The van der Waals surface area contributed by atoms with Crippen LogP contribution in [0.4, 0.5) is 0 Å². The van der Waals surface area contributed by atoms with Crippen LogP contribution < -0.4 is 0 Å². The molecule has 5 atom stereocenters. The molecule has 0 amide bonds. The topological polar surface area (TPSA) is 49.8 Å². The van der Waals surface area contributed by atoms with Gasteiger partial charge in [0.2, 0.25) is 0 Å². The van der Waals surface area contributed by atoms with Gasteiger partial charge in [-0.3, -0.25) is 9.69 Å². The Morgan fingerprint density at radius 2 is 2.00 bits per heavy atom. The van der Waals surface area contributed by atoms with E-state index >= 15 is 0 Å². The maximum Gasteiger partial charge on any atom is 0.310 e. The molecule has 2 aliphatic rings. The second-order valence-electron chi connectivity index (χ2n) is 6.14. The van der Waals surface area contributed by atoms with Crippen LogP contribution >= 0.6 is 0 Å². The van der Waals surface area contributed by atoms with Gasteiger partial charge in [-0.2, -0.15) is 0 Å². The van der Waals surface area contributed by atoms with Crippen LogP contribution in [0.25, 0.3) is 0 Å². The van der Waals surface area contributed by atoms with Gasteiger partial charge in [0.05, 0.1) is 18.6 Å². The molecule has 2 bridgehead atoms. The van der Waals surface area contributed by atoms with Crippen molar-refractivity contribution in [2.45, 2.75) is 43.9 Å². The first kappa shape index (κ1) is 14.5. The summed E-state index contributed by atoms with van der Waals surface area (Å²) in [5.41, 5.74) is 1.16. The number of ether oxygens (including phenoxy) is 1. The number of esters is 1. The van der Waals surface area contributed by atoms with E-state index < -0.39 is 6.10 Å². The number of benzene rings is 1. The molecule has 0 aliphatic carbocycles.